The third-order valence-electron chi connectivity index (χ3n) is 5.07. The molecule has 29 heavy (non-hydrogen) atoms. The molecule has 1 aromatic heterocycles. The fraction of sp³-hybridized carbons (Fsp3) is 0.500. The van der Waals surface area contributed by atoms with Gasteiger partial charge < -0.3 is 9.47 Å². The number of likely N-dealkylation sites (tertiary alicyclic amines) is 1. The Morgan fingerprint density at radius 1 is 1.17 bits per heavy atom. The van der Waals surface area contributed by atoms with Crippen molar-refractivity contribution in [3.63, 3.8) is 0 Å². The summed E-state index contributed by atoms with van der Waals surface area (Å²) in [6.07, 6.45) is -1.96. The van der Waals surface area contributed by atoms with E-state index < -0.39 is 26.8 Å². The van der Waals surface area contributed by atoms with Gasteiger partial charge in [-0.1, -0.05) is 12.1 Å². The van der Waals surface area contributed by atoms with E-state index >= 15 is 0 Å². The van der Waals surface area contributed by atoms with Crippen LogP contribution in [0.4, 0.5) is 13.2 Å². The van der Waals surface area contributed by atoms with Crippen LogP contribution in [0.25, 0.3) is 0 Å². The predicted octanol–water partition coefficient (Wildman–Crippen LogP) is 2.23. The van der Waals surface area contributed by atoms with Crippen LogP contribution in [0.2, 0.25) is 0 Å². The number of hydrogen-bond donors (Lipinski definition) is 0. The van der Waals surface area contributed by atoms with Crippen molar-refractivity contribution in [3.05, 3.63) is 41.7 Å². The first-order valence-corrected chi connectivity index (χ1v) is 10.7. The summed E-state index contributed by atoms with van der Waals surface area (Å²) in [6, 6.07) is 4.75. The first-order chi connectivity index (χ1) is 13.6. The van der Waals surface area contributed by atoms with Gasteiger partial charge in [-0.2, -0.15) is 13.2 Å². The minimum atomic E-state index is -4.38. The van der Waals surface area contributed by atoms with Crippen molar-refractivity contribution in [2.75, 3.05) is 13.1 Å². The fourth-order valence-corrected chi connectivity index (χ4v) is 5.10. The Kier molecular flexibility index (Phi) is 5.97. The standard InChI is InChI=1S/C18H21F3N4O3S/c1-24-12-22-23-17(24)29(27,28)15-8-10-25(11-9-15)16(26)7-4-13-2-5-14(6-3-13)18(19,20)21/h2-3,5-6,12,15H,4,7-11H2,1H3. The number of nitrogens with zero attached hydrogens (tertiary/aromatic N) is 4. The largest absolute Gasteiger partial charge is 0.416 e. The number of benzene rings is 1. The average molecular weight is 430 g/mol. The van der Waals surface area contributed by atoms with Crippen LogP contribution in [0, 0.1) is 0 Å². The molecule has 7 nitrogen and oxygen atoms in total. The van der Waals surface area contributed by atoms with Crippen LogP contribution in [0.3, 0.4) is 0 Å². The van der Waals surface area contributed by atoms with Crippen molar-refractivity contribution in [2.45, 2.75) is 42.3 Å². The summed E-state index contributed by atoms with van der Waals surface area (Å²) in [5.74, 6) is -0.139. The van der Waals surface area contributed by atoms with Gasteiger partial charge in [0, 0.05) is 26.6 Å². The first-order valence-electron chi connectivity index (χ1n) is 9.11. The minimum absolute atomic E-state index is 0.0791. The van der Waals surface area contributed by atoms with E-state index in [0.717, 1.165) is 12.1 Å². The normalized spacial score (nSPS) is 16.2. The molecule has 0 radical (unpaired) electrons. The Labute approximate surface area is 166 Å². The van der Waals surface area contributed by atoms with E-state index in [1.165, 1.54) is 23.0 Å². The molecule has 2 heterocycles. The molecular weight excluding hydrogens is 409 g/mol. The smallest absolute Gasteiger partial charge is 0.343 e. The number of hydrogen-bond acceptors (Lipinski definition) is 5. The van der Waals surface area contributed by atoms with E-state index in [9.17, 15) is 26.4 Å². The van der Waals surface area contributed by atoms with Crippen molar-refractivity contribution in [3.8, 4) is 0 Å². The van der Waals surface area contributed by atoms with Crippen molar-refractivity contribution in [1.82, 2.24) is 19.7 Å². The molecule has 1 aliphatic heterocycles. The summed E-state index contributed by atoms with van der Waals surface area (Å²) in [5, 5.41) is 6.58. The van der Waals surface area contributed by atoms with Gasteiger partial charge in [-0.15, -0.1) is 10.2 Å². The van der Waals surface area contributed by atoms with Crippen LogP contribution >= 0.6 is 0 Å². The number of sulfone groups is 1. The van der Waals surface area contributed by atoms with Gasteiger partial charge in [-0.3, -0.25) is 4.79 Å². The van der Waals surface area contributed by atoms with E-state index in [1.807, 2.05) is 0 Å². The molecule has 1 saturated heterocycles. The third-order valence-corrected chi connectivity index (χ3v) is 7.29. The SMILES string of the molecule is Cn1cnnc1S(=O)(=O)C1CCN(C(=O)CCc2ccc(C(F)(F)F)cc2)CC1. The van der Waals surface area contributed by atoms with Crippen LogP contribution in [0.5, 0.6) is 0 Å². The monoisotopic (exact) mass is 430 g/mol. The van der Waals surface area contributed by atoms with Gasteiger partial charge in [0.1, 0.15) is 6.33 Å². The second-order valence-corrected chi connectivity index (χ2v) is 9.17. The van der Waals surface area contributed by atoms with E-state index in [0.29, 0.717) is 37.9 Å². The quantitative estimate of drug-likeness (QED) is 0.726. The molecule has 0 aliphatic carbocycles. The van der Waals surface area contributed by atoms with Crippen molar-refractivity contribution < 1.29 is 26.4 Å². The molecule has 2 aromatic rings. The predicted molar refractivity (Wildman–Crippen MR) is 97.6 cm³/mol. The molecule has 1 amide bonds. The Balaban J connectivity index is 1.52. The van der Waals surface area contributed by atoms with Crippen LogP contribution in [-0.4, -0.2) is 52.3 Å². The molecule has 0 spiro atoms. The first kappa shape index (κ1) is 21.3. The number of carbonyl (C=O) groups excluding carboxylic acids is 1. The van der Waals surface area contributed by atoms with Crippen LogP contribution in [0.15, 0.2) is 35.7 Å². The number of amides is 1. The summed E-state index contributed by atoms with van der Waals surface area (Å²) >= 11 is 0. The number of alkyl halides is 3. The van der Waals surface area contributed by atoms with Gasteiger partial charge in [-0.25, -0.2) is 8.42 Å². The molecule has 1 fully saturated rings. The van der Waals surface area contributed by atoms with Crippen molar-refractivity contribution in [1.29, 1.82) is 0 Å². The van der Waals surface area contributed by atoms with Gasteiger partial charge in [0.05, 0.1) is 10.8 Å². The van der Waals surface area contributed by atoms with E-state index in [1.54, 1.807) is 11.9 Å². The number of aromatic nitrogens is 3. The second kappa shape index (κ2) is 8.13. The topological polar surface area (TPSA) is 85.2 Å². The lowest BCUT2D eigenvalue weighted by Crippen LogP contribution is -2.43. The van der Waals surface area contributed by atoms with E-state index in [-0.39, 0.29) is 17.5 Å². The third kappa shape index (κ3) is 4.77. The zero-order valence-electron chi connectivity index (χ0n) is 15.8. The van der Waals surface area contributed by atoms with E-state index in [4.69, 9.17) is 0 Å². The number of rotatable bonds is 5. The Bertz CT molecular complexity index is 963. The Hall–Kier alpha value is -2.43. The highest BCUT2D eigenvalue weighted by Crippen LogP contribution is 2.29. The minimum Gasteiger partial charge on any atom is -0.343 e. The molecule has 11 heteroatoms. The number of aryl methyl sites for hydroxylation is 2. The highest BCUT2D eigenvalue weighted by atomic mass is 32.2. The number of carbonyl (C=O) groups is 1. The second-order valence-electron chi connectivity index (χ2n) is 7.04. The number of piperidine rings is 1. The van der Waals surface area contributed by atoms with Gasteiger partial charge in [0.25, 0.3) is 0 Å². The van der Waals surface area contributed by atoms with Gasteiger partial charge in [0.2, 0.25) is 20.9 Å². The lowest BCUT2D eigenvalue weighted by molar-refractivity contribution is -0.137. The summed E-state index contributed by atoms with van der Waals surface area (Å²) in [4.78, 5) is 14.0. The highest BCUT2D eigenvalue weighted by molar-refractivity contribution is 7.91. The van der Waals surface area contributed by atoms with Gasteiger partial charge in [0.15, 0.2) is 0 Å². The molecule has 1 aromatic carbocycles. The molecular formula is C18H21F3N4O3S. The maximum absolute atomic E-state index is 12.6. The van der Waals surface area contributed by atoms with Crippen LogP contribution in [0.1, 0.15) is 30.4 Å². The van der Waals surface area contributed by atoms with Crippen LogP contribution in [-0.2, 0) is 34.3 Å². The summed E-state index contributed by atoms with van der Waals surface area (Å²) in [6.45, 7) is 0.626. The molecule has 0 bridgehead atoms. The maximum atomic E-state index is 12.6. The maximum Gasteiger partial charge on any atom is 0.416 e. The Morgan fingerprint density at radius 2 is 1.79 bits per heavy atom. The molecule has 0 atom stereocenters. The van der Waals surface area contributed by atoms with Crippen LogP contribution < -0.4 is 0 Å². The summed E-state index contributed by atoms with van der Waals surface area (Å²) in [7, 11) is -2.05. The molecule has 0 unspecified atom stereocenters. The van der Waals surface area contributed by atoms with Crippen molar-refractivity contribution in [2.24, 2.45) is 7.05 Å². The van der Waals surface area contributed by atoms with Gasteiger partial charge in [-0.05, 0) is 37.0 Å². The molecule has 1 aliphatic rings. The number of halogens is 3. The average Bonchev–Trinajstić information content (AvgIpc) is 3.12. The summed E-state index contributed by atoms with van der Waals surface area (Å²) in [5.41, 5.74) is -0.0788. The molecule has 3 rings (SSSR count). The lowest BCUT2D eigenvalue weighted by Gasteiger charge is -2.31. The van der Waals surface area contributed by atoms with Crippen molar-refractivity contribution >= 4 is 15.7 Å². The Morgan fingerprint density at radius 3 is 2.31 bits per heavy atom. The fourth-order valence-electron chi connectivity index (χ4n) is 3.36. The molecule has 0 N–H and O–H groups in total. The molecule has 0 saturated carbocycles. The zero-order valence-corrected chi connectivity index (χ0v) is 16.6. The molecule has 158 valence electrons. The van der Waals surface area contributed by atoms with E-state index in [2.05, 4.69) is 10.2 Å². The zero-order chi connectivity index (χ0) is 21.2. The lowest BCUT2D eigenvalue weighted by atomic mass is 10.1. The van der Waals surface area contributed by atoms with Gasteiger partial charge >= 0.3 is 6.18 Å². The summed E-state index contributed by atoms with van der Waals surface area (Å²) < 4.78 is 64.4. The highest BCUT2D eigenvalue weighted by Gasteiger charge is 2.35.